The Kier molecular flexibility index (Phi) is 3.28. The van der Waals surface area contributed by atoms with E-state index in [-0.39, 0.29) is 5.97 Å². The minimum Gasteiger partial charge on any atom is -0.462 e. The van der Waals surface area contributed by atoms with Crippen molar-refractivity contribution in [2.24, 2.45) is 11.8 Å². The molecule has 1 fully saturated rings. The molecule has 2 aliphatic carbocycles. The second kappa shape index (κ2) is 5.08. The predicted octanol–water partition coefficient (Wildman–Crippen LogP) is 3.24. The molecule has 0 aliphatic heterocycles. The van der Waals surface area contributed by atoms with Crippen LogP contribution in [-0.4, -0.2) is 18.6 Å². The van der Waals surface area contributed by atoms with E-state index in [1.54, 1.807) is 0 Å². The first-order valence-corrected chi connectivity index (χ1v) is 6.98. The summed E-state index contributed by atoms with van der Waals surface area (Å²) in [5.74, 6) is 1.30. The van der Waals surface area contributed by atoms with Crippen molar-refractivity contribution in [2.45, 2.75) is 25.8 Å². The highest BCUT2D eigenvalue weighted by atomic mass is 16.5. The fraction of sp³-hybridized carbons (Fsp3) is 0.438. The summed E-state index contributed by atoms with van der Waals surface area (Å²) in [5, 5.41) is 3.54. The van der Waals surface area contributed by atoms with Gasteiger partial charge in [-0.1, -0.05) is 12.2 Å². The summed E-state index contributed by atoms with van der Waals surface area (Å²) in [5.41, 5.74) is 1.69. The fourth-order valence-electron chi connectivity index (χ4n) is 3.01. The highest BCUT2D eigenvalue weighted by molar-refractivity contribution is 5.89. The Morgan fingerprint density at radius 1 is 1.37 bits per heavy atom. The molecule has 0 aromatic heterocycles. The van der Waals surface area contributed by atoms with E-state index in [0.717, 1.165) is 11.6 Å². The molecule has 3 atom stereocenters. The van der Waals surface area contributed by atoms with Crippen molar-refractivity contribution in [1.82, 2.24) is 0 Å². The molecule has 1 aromatic rings. The zero-order valence-electron chi connectivity index (χ0n) is 11.1. The Bertz CT molecular complexity index is 492. The first-order chi connectivity index (χ1) is 9.28. The molecule has 0 heterocycles. The highest BCUT2D eigenvalue weighted by Crippen LogP contribution is 2.43. The number of carbonyl (C=O) groups excluding carboxylic acids is 1. The molecule has 3 nitrogen and oxygen atoms in total. The number of nitrogens with one attached hydrogen (secondary N) is 1. The van der Waals surface area contributed by atoms with Crippen LogP contribution < -0.4 is 5.32 Å². The summed E-state index contributed by atoms with van der Waals surface area (Å²) in [6.07, 6.45) is 7.11. The lowest BCUT2D eigenvalue weighted by Crippen LogP contribution is -2.43. The monoisotopic (exact) mass is 257 g/mol. The van der Waals surface area contributed by atoms with Gasteiger partial charge < -0.3 is 10.1 Å². The molecule has 0 bridgehead atoms. The number of ether oxygens (including phenoxy) is 1. The first-order valence-electron chi connectivity index (χ1n) is 6.98. The zero-order chi connectivity index (χ0) is 13.2. The van der Waals surface area contributed by atoms with Gasteiger partial charge in [-0.3, -0.25) is 0 Å². The number of allylic oxidation sites excluding steroid dienone is 1. The Hall–Kier alpha value is -1.77. The van der Waals surface area contributed by atoms with E-state index in [1.807, 2.05) is 31.2 Å². The van der Waals surface area contributed by atoms with Gasteiger partial charge in [-0.15, -0.1) is 0 Å². The van der Waals surface area contributed by atoms with Gasteiger partial charge in [-0.25, -0.2) is 4.79 Å². The van der Waals surface area contributed by atoms with Gasteiger partial charge >= 0.3 is 5.97 Å². The van der Waals surface area contributed by atoms with Crippen LogP contribution in [-0.2, 0) is 4.74 Å². The molecule has 2 aliphatic rings. The summed E-state index contributed by atoms with van der Waals surface area (Å²) in [7, 11) is 0. The zero-order valence-corrected chi connectivity index (χ0v) is 11.1. The van der Waals surface area contributed by atoms with Gasteiger partial charge in [-0.05, 0) is 49.9 Å². The Morgan fingerprint density at radius 3 is 2.84 bits per heavy atom. The number of carbonyl (C=O) groups is 1. The topological polar surface area (TPSA) is 38.3 Å². The summed E-state index contributed by atoms with van der Waals surface area (Å²) in [4.78, 5) is 11.5. The molecule has 0 radical (unpaired) electrons. The third kappa shape index (κ3) is 2.37. The molecule has 3 unspecified atom stereocenters. The number of rotatable bonds is 4. The van der Waals surface area contributed by atoms with Gasteiger partial charge in [0.1, 0.15) is 0 Å². The standard InChI is InChI=1S/C16H19NO2/c1-2-19-16(18)11-6-8-13(9-7-11)17-15-10-12-4-3-5-14(12)15/h3,5-9,12,14-15,17H,2,4,10H2,1H3. The van der Waals surface area contributed by atoms with Crippen LogP contribution in [0.2, 0.25) is 0 Å². The van der Waals surface area contributed by atoms with Crippen LogP contribution in [0.4, 0.5) is 5.69 Å². The first kappa shape index (κ1) is 12.3. The van der Waals surface area contributed by atoms with Gasteiger partial charge in [-0.2, -0.15) is 0 Å². The SMILES string of the molecule is CCOC(=O)c1ccc(NC2CC3CC=CC32)cc1. The normalized spacial score (nSPS) is 27.5. The Morgan fingerprint density at radius 2 is 2.16 bits per heavy atom. The molecule has 0 saturated heterocycles. The van der Waals surface area contributed by atoms with Crippen LogP contribution >= 0.6 is 0 Å². The van der Waals surface area contributed by atoms with E-state index >= 15 is 0 Å². The number of fused-ring (bicyclic) bond motifs is 1. The van der Waals surface area contributed by atoms with Crippen molar-refractivity contribution in [3.63, 3.8) is 0 Å². The molecule has 0 amide bonds. The van der Waals surface area contributed by atoms with E-state index in [0.29, 0.717) is 24.1 Å². The fourth-order valence-corrected chi connectivity index (χ4v) is 3.01. The van der Waals surface area contributed by atoms with Gasteiger partial charge in [0.05, 0.1) is 12.2 Å². The predicted molar refractivity (Wildman–Crippen MR) is 75.2 cm³/mol. The molecule has 100 valence electrons. The van der Waals surface area contributed by atoms with Crippen molar-refractivity contribution >= 4 is 11.7 Å². The smallest absolute Gasteiger partial charge is 0.338 e. The Labute approximate surface area is 113 Å². The average Bonchev–Trinajstić information content (AvgIpc) is 2.78. The number of hydrogen-bond donors (Lipinski definition) is 1. The van der Waals surface area contributed by atoms with Gasteiger partial charge in [0, 0.05) is 17.6 Å². The van der Waals surface area contributed by atoms with Crippen molar-refractivity contribution < 1.29 is 9.53 Å². The third-order valence-corrected chi connectivity index (χ3v) is 4.11. The molecule has 1 N–H and O–H groups in total. The van der Waals surface area contributed by atoms with Crippen LogP contribution in [0.25, 0.3) is 0 Å². The van der Waals surface area contributed by atoms with Crippen LogP contribution in [0.15, 0.2) is 36.4 Å². The molecule has 19 heavy (non-hydrogen) atoms. The molecule has 3 rings (SSSR count). The molecular formula is C16H19NO2. The molecule has 0 spiro atoms. The van der Waals surface area contributed by atoms with Crippen molar-refractivity contribution in [2.75, 3.05) is 11.9 Å². The largest absolute Gasteiger partial charge is 0.462 e. The summed E-state index contributed by atoms with van der Waals surface area (Å²) >= 11 is 0. The van der Waals surface area contributed by atoms with E-state index in [4.69, 9.17) is 4.74 Å². The minimum absolute atomic E-state index is 0.253. The Balaban J connectivity index is 1.60. The lowest BCUT2D eigenvalue weighted by atomic mass is 9.71. The van der Waals surface area contributed by atoms with Gasteiger partial charge in [0.25, 0.3) is 0 Å². The van der Waals surface area contributed by atoms with E-state index in [9.17, 15) is 4.79 Å². The lowest BCUT2D eigenvalue weighted by Gasteiger charge is -2.41. The maximum absolute atomic E-state index is 11.5. The maximum Gasteiger partial charge on any atom is 0.338 e. The summed E-state index contributed by atoms with van der Waals surface area (Å²) < 4.78 is 4.97. The number of anilines is 1. The van der Waals surface area contributed by atoms with Crippen LogP contribution in [0.3, 0.4) is 0 Å². The number of hydrogen-bond acceptors (Lipinski definition) is 3. The third-order valence-electron chi connectivity index (χ3n) is 4.11. The summed E-state index contributed by atoms with van der Waals surface area (Å²) in [6, 6.07) is 8.11. The van der Waals surface area contributed by atoms with Gasteiger partial charge in [0.2, 0.25) is 0 Å². The van der Waals surface area contributed by atoms with E-state index in [2.05, 4.69) is 17.5 Å². The highest BCUT2D eigenvalue weighted by Gasteiger charge is 2.40. The van der Waals surface area contributed by atoms with Gasteiger partial charge in [0.15, 0.2) is 0 Å². The molecule has 1 saturated carbocycles. The second-order valence-electron chi connectivity index (χ2n) is 5.29. The van der Waals surface area contributed by atoms with E-state index < -0.39 is 0 Å². The lowest BCUT2D eigenvalue weighted by molar-refractivity contribution is 0.0526. The van der Waals surface area contributed by atoms with Crippen LogP contribution in [0, 0.1) is 11.8 Å². The second-order valence-corrected chi connectivity index (χ2v) is 5.29. The van der Waals surface area contributed by atoms with Crippen molar-refractivity contribution in [3.05, 3.63) is 42.0 Å². The number of esters is 1. The van der Waals surface area contributed by atoms with Crippen molar-refractivity contribution in [1.29, 1.82) is 0 Å². The van der Waals surface area contributed by atoms with Crippen LogP contribution in [0.5, 0.6) is 0 Å². The maximum atomic E-state index is 11.5. The van der Waals surface area contributed by atoms with Crippen LogP contribution in [0.1, 0.15) is 30.1 Å². The molecule has 1 aromatic carbocycles. The molecule has 3 heteroatoms. The summed E-state index contributed by atoms with van der Waals surface area (Å²) in [6.45, 7) is 2.23. The number of benzene rings is 1. The van der Waals surface area contributed by atoms with E-state index in [1.165, 1.54) is 12.8 Å². The minimum atomic E-state index is -0.253. The molecular weight excluding hydrogens is 238 g/mol. The average molecular weight is 257 g/mol. The van der Waals surface area contributed by atoms with Crippen molar-refractivity contribution in [3.8, 4) is 0 Å². The quantitative estimate of drug-likeness (QED) is 0.664.